The average Bonchev–Trinajstić information content (AvgIpc) is 2.69. The SMILES string of the molecule is Cc1ccccc1Oc1ccc(S(=O)(=O)N2CC(S(=O)(=O)c3ccc(F)cc3)C2)cc1. The summed E-state index contributed by atoms with van der Waals surface area (Å²) in [6.07, 6.45) is 0. The topological polar surface area (TPSA) is 80.8 Å². The highest BCUT2D eigenvalue weighted by molar-refractivity contribution is 7.92. The van der Waals surface area contributed by atoms with Crippen LogP contribution in [0, 0.1) is 12.7 Å². The molecule has 162 valence electrons. The number of nitrogens with zero attached hydrogens (tertiary/aromatic N) is 1. The van der Waals surface area contributed by atoms with Crippen LogP contribution in [-0.2, 0) is 19.9 Å². The minimum atomic E-state index is -3.83. The van der Waals surface area contributed by atoms with Crippen molar-refractivity contribution in [2.45, 2.75) is 22.0 Å². The highest BCUT2D eigenvalue weighted by Gasteiger charge is 2.44. The Morgan fingerprint density at radius 1 is 0.839 bits per heavy atom. The molecule has 1 aliphatic rings. The molecule has 9 heteroatoms. The van der Waals surface area contributed by atoms with Crippen molar-refractivity contribution in [1.82, 2.24) is 4.31 Å². The van der Waals surface area contributed by atoms with Gasteiger partial charge in [0.1, 0.15) is 17.3 Å². The van der Waals surface area contributed by atoms with E-state index in [1.807, 2.05) is 31.2 Å². The molecule has 31 heavy (non-hydrogen) atoms. The summed E-state index contributed by atoms with van der Waals surface area (Å²) < 4.78 is 70.9. The molecule has 1 heterocycles. The number of rotatable bonds is 6. The van der Waals surface area contributed by atoms with Gasteiger partial charge in [0.25, 0.3) is 0 Å². The summed E-state index contributed by atoms with van der Waals surface area (Å²) in [4.78, 5) is 0.0379. The first-order valence-electron chi connectivity index (χ1n) is 9.51. The Kier molecular flexibility index (Phi) is 5.59. The molecule has 0 saturated carbocycles. The number of benzene rings is 3. The van der Waals surface area contributed by atoms with E-state index in [-0.39, 0.29) is 22.9 Å². The minimum absolute atomic E-state index is 0.0198. The van der Waals surface area contributed by atoms with E-state index in [0.29, 0.717) is 11.5 Å². The third-order valence-corrected chi connectivity index (χ3v) is 9.13. The molecule has 0 aliphatic carbocycles. The van der Waals surface area contributed by atoms with Crippen LogP contribution < -0.4 is 4.74 Å². The van der Waals surface area contributed by atoms with Crippen molar-refractivity contribution in [1.29, 1.82) is 0 Å². The van der Waals surface area contributed by atoms with Crippen molar-refractivity contribution in [3.05, 3.63) is 84.2 Å². The predicted octanol–water partition coefficient (Wildman–Crippen LogP) is 3.77. The van der Waals surface area contributed by atoms with E-state index in [9.17, 15) is 21.2 Å². The number of halogens is 1. The van der Waals surface area contributed by atoms with E-state index in [1.54, 1.807) is 12.1 Å². The van der Waals surface area contributed by atoms with Crippen LogP contribution in [0.1, 0.15) is 5.56 Å². The van der Waals surface area contributed by atoms with Crippen LogP contribution >= 0.6 is 0 Å². The second-order valence-corrected chi connectivity index (χ2v) is 11.4. The normalized spacial score (nSPS) is 15.4. The molecule has 0 unspecified atom stereocenters. The standard InChI is InChI=1S/C22H20FNO5S2/c1-16-4-2-3-5-22(16)29-18-8-12-20(13-9-18)31(27,28)24-14-21(15-24)30(25,26)19-10-6-17(23)7-11-19/h2-13,21H,14-15H2,1H3. The van der Waals surface area contributed by atoms with E-state index >= 15 is 0 Å². The van der Waals surface area contributed by atoms with Gasteiger partial charge in [0.05, 0.1) is 15.0 Å². The van der Waals surface area contributed by atoms with Gasteiger partial charge in [-0.3, -0.25) is 0 Å². The molecule has 3 aromatic carbocycles. The lowest BCUT2D eigenvalue weighted by Crippen LogP contribution is -2.56. The third-order valence-electron chi connectivity index (χ3n) is 5.18. The summed E-state index contributed by atoms with van der Waals surface area (Å²) in [5.41, 5.74) is 0.952. The molecule has 3 aromatic rings. The summed E-state index contributed by atoms with van der Waals surface area (Å²) in [6, 6.07) is 18.0. The number of aryl methyl sites for hydroxylation is 1. The first-order valence-corrected chi connectivity index (χ1v) is 12.5. The molecule has 0 amide bonds. The molecule has 0 bridgehead atoms. The molecule has 0 aromatic heterocycles. The predicted molar refractivity (Wildman–Crippen MR) is 114 cm³/mol. The van der Waals surface area contributed by atoms with Crippen molar-refractivity contribution in [3.63, 3.8) is 0 Å². The fourth-order valence-electron chi connectivity index (χ4n) is 3.24. The zero-order valence-electron chi connectivity index (χ0n) is 16.6. The van der Waals surface area contributed by atoms with Crippen LogP contribution in [-0.4, -0.2) is 39.5 Å². The largest absolute Gasteiger partial charge is 0.457 e. The summed E-state index contributed by atoms with van der Waals surface area (Å²) >= 11 is 0. The molecule has 0 radical (unpaired) electrons. The Labute approximate surface area is 180 Å². The Balaban J connectivity index is 1.45. The highest BCUT2D eigenvalue weighted by Crippen LogP contribution is 2.30. The van der Waals surface area contributed by atoms with Crippen LogP contribution in [0.5, 0.6) is 11.5 Å². The first-order chi connectivity index (χ1) is 14.7. The van der Waals surface area contributed by atoms with E-state index in [2.05, 4.69) is 0 Å². The number of para-hydroxylation sites is 1. The van der Waals surface area contributed by atoms with Gasteiger partial charge in [0, 0.05) is 13.1 Å². The fourth-order valence-corrected chi connectivity index (χ4v) is 6.61. The lowest BCUT2D eigenvalue weighted by molar-refractivity contribution is 0.309. The van der Waals surface area contributed by atoms with Crippen molar-refractivity contribution in [3.8, 4) is 11.5 Å². The first kappa shape index (κ1) is 21.5. The maximum atomic E-state index is 13.1. The molecule has 6 nitrogen and oxygen atoms in total. The molecule has 0 spiro atoms. The summed E-state index contributed by atoms with van der Waals surface area (Å²) in [5.74, 6) is 0.634. The number of hydrogen-bond donors (Lipinski definition) is 0. The van der Waals surface area contributed by atoms with Crippen LogP contribution in [0.25, 0.3) is 0 Å². The van der Waals surface area contributed by atoms with Crippen LogP contribution in [0.2, 0.25) is 0 Å². The molecule has 1 saturated heterocycles. The number of sulfone groups is 1. The van der Waals surface area contributed by atoms with Crippen molar-refractivity contribution >= 4 is 19.9 Å². The zero-order chi connectivity index (χ0) is 22.2. The average molecular weight is 462 g/mol. The van der Waals surface area contributed by atoms with Gasteiger partial charge in [-0.05, 0) is 67.1 Å². The van der Waals surface area contributed by atoms with Crippen molar-refractivity contribution in [2.75, 3.05) is 13.1 Å². The molecule has 4 rings (SSSR count). The van der Waals surface area contributed by atoms with Gasteiger partial charge < -0.3 is 4.74 Å². The Hall–Kier alpha value is -2.75. The molecule has 0 N–H and O–H groups in total. The number of sulfonamides is 1. The van der Waals surface area contributed by atoms with Gasteiger partial charge in [-0.15, -0.1) is 0 Å². The summed E-state index contributed by atoms with van der Waals surface area (Å²) in [6.45, 7) is 1.61. The molecular weight excluding hydrogens is 441 g/mol. The van der Waals surface area contributed by atoms with Crippen LogP contribution in [0.15, 0.2) is 82.6 Å². The van der Waals surface area contributed by atoms with Gasteiger partial charge in [-0.25, -0.2) is 21.2 Å². The van der Waals surface area contributed by atoms with Crippen molar-refractivity contribution in [2.24, 2.45) is 0 Å². The van der Waals surface area contributed by atoms with Gasteiger partial charge >= 0.3 is 0 Å². The lowest BCUT2D eigenvalue weighted by atomic mass is 10.2. The Morgan fingerprint density at radius 2 is 1.42 bits per heavy atom. The second kappa shape index (κ2) is 8.07. The molecule has 0 atom stereocenters. The molecule has 1 fully saturated rings. The maximum Gasteiger partial charge on any atom is 0.243 e. The van der Waals surface area contributed by atoms with Crippen LogP contribution in [0.4, 0.5) is 4.39 Å². The smallest absolute Gasteiger partial charge is 0.243 e. The number of hydrogen-bond acceptors (Lipinski definition) is 5. The Bertz CT molecular complexity index is 1300. The lowest BCUT2D eigenvalue weighted by Gasteiger charge is -2.37. The van der Waals surface area contributed by atoms with Gasteiger partial charge in [-0.2, -0.15) is 4.31 Å². The van der Waals surface area contributed by atoms with Gasteiger partial charge in [0.15, 0.2) is 9.84 Å². The highest BCUT2D eigenvalue weighted by atomic mass is 32.2. The fraction of sp³-hybridized carbons (Fsp3) is 0.182. The number of ether oxygens (including phenoxy) is 1. The van der Waals surface area contributed by atoms with Crippen molar-refractivity contribution < 1.29 is 26.0 Å². The quantitative estimate of drug-likeness (QED) is 0.522. The van der Waals surface area contributed by atoms with E-state index < -0.39 is 30.9 Å². The van der Waals surface area contributed by atoms with Crippen LogP contribution in [0.3, 0.4) is 0 Å². The third kappa shape index (κ3) is 4.21. The van der Waals surface area contributed by atoms with E-state index in [1.165, 1.54) is 24.3 Å². The zero-order valence-corrected chi connectivity index (χ0v) is 18.2. The monoisotopic (exact) mass is 461 g/mol. The van der Waals surface area contributed by atoms with Gasteiger partial charge in [0.2, 0.25) is 10.0 Å². The minimum Gasteiger partial charge on any atom is -0.457 e. The summed E-state index contributed by atoms with van der Waals surface area (Å²) in [7, 11) is -7.56. The molecule has 1 aliphatic heterocycles. The second-order valence-electron chi connectivity index (χ2n) is 7.28. The van der Waals surface area contributed by atoms with Gasteiger partial charge in [-0.1, -0.05) is 18.2 Å². The van der Waals surface area contributed by atoms with E-state index in [4.69, 9.17) is 4.74 Å². The maximum absolute atomic E-state index is 13.1. The Morgan fingerprint density at radius 3 is 2.03 bits per heavy atom. The summed E-state index contributed by atoms with van der Waals surface area (Å²) in [5, 5.41) is -0.864. The van der Waals surface area contributed by atoms with E-state index in [0.717, 1.165) is 22.0 Å². The molecular formula is C22H20FNO5S2.